The Morgan fingerprint density at radius 2 is 1.40 bits per heavy atom. The van der Waals surface area contributed by atoms with Gasteiger partial charge < -0.3 is 39.9 Å². The van der Waals surface area contributed by atoms with Crippen LogP contribution in [0.2, 0.25) is 0 Å². The van der Waals surface area contributed by atoms with Crippen LogP contribution in [0.25, 0.3) is 0 Å². The van der Waals surface area contributed by atoms with Crippen LogP contribution in [0.4, 0.5) is 0 Å². The van der Waals surface area contributed by atoms with Crippen molar-refractivity contribution in [3.05, 3.63) is 0 Å². The number of rotatable bonds is 10. The topological polar surface area (TPSA) is 210 Å². The summed E-state index contributed by atoms with van der Waals surface area (Å²) in [6.07, 6.45) is -13.1. The van der Waals surface area contributed by atoms with E-state index < -0.39 is 63.8 Å². The second-order valence-electron chi connectivity index (χ2n) is 5.07. The number of phosphoric acid groups is 1. The van der Waals surface area contributed by atoms with Gasteiger partial charge in [-0.2, -0.15) is 0 Å². The van der Waals surface area contributed by atoms with Gasteiger partial charge in [0.1, 0.15) is 43.2 Å². The molecule has 0 bridgehead atoms. The molecular weight excluding hydrogens is 371 g/mol. The normalized spacial score (nSPS) is 36.1. The molecule has 6 unspecified atom stereocenters. The molecule has 6 atom stereocenters. The van der Waals surface area contributed by atoms with E-state index >= 15 is 0 Å². The van der Waals surface area contributed by atoms with Gasteiger partial charge in [0.05, 0.1) is 6.61 Å². The maximum atomic E-state index is 11.9. The van der Waals surface area contributed by atoms with Crippen molar-refractivity contribution in [2.24, 2.45) is 0 Å². The van der Waals surface area contributed by atoms with Gasteiger partial charge in [0.15, 0.2) is 6.10 Å². The largest absolute Gasteiger partial charge is 0.472 e. The zero-order valence-corrected chi connectivity index (χ0v) is 13.5. The highest BCUT2D eigenvalue weighted by Crippen LogP contribution is 2.47. The predicted octanol–water partition coefficient (Wildman–Crippen LogP) is -3.98. The van der Waals surface area contributed by atoms with Gasteiger partial charge in [-0.3, -0.25) is 18.6 Å². The van der Waals surface area contributed by atoms with Crippen molar-refractivity contribution < 1.29 is 63.1 Å². The first-order valence-electron chi connectivity index (χ1n) is 6.85. The van der Waals surface area contributed by atoms with Gasteiger partial charge in [-0.25, -0.2) is 4.57 Å². The molecule has 146 valence electrons. The first kappa shape index (κ1) is 21.9. The van der Waals surface area contributed by atoms with E-state index in [1.165, 1.54) is 0 Å². The fourth-order valence-electron chi connectivity index (χ4n) is 2.03. The van der Waals surface area contributed by atoms with Gasteiger partial charge >= 0.3 is 7.82 Å². The average molecular weight is 390 g/mol. The fourth-order valence-corrected chi connectivity index (χ4v) is 3.01. The van der Waals surface area contributed by atoms with Crippen LogP contribution >= 0.6 is 7.82 Å². The van der Waals surface area contributed by atoms with Gasteiger partial charge in [0.2, 0.25) is 0 Å². The molecule has 14 heteroatoms. The molecular formula is C11H19O13P. The number of aliphatic hydroxyl groups is 5. The summed E-state index contributed by atoms with van der Waals surface area (Å²) in [4.78, 5) is 29.9. The molecule has 0 amide bonds. The molecule has 0 aromatic carbocycles. The second-order valence-corrected chi connectivity index (χ2v) is 6.48. The summed E-state index contributed by atoms with van der Waals surface area (Å²) in [6, 6.07) is 0. The molecule has 25 heavy (non-hydrogen) atoms. The average Bonchev–Trinajstić information content (AvgIpc) is 2.57. The minimum atomic E-state index is -4.98. The SMILES string of the molecule is O=COCC(COP(=O)(O)OC1C(O)C(O)C(O)C(O)C1O)OC=O. The second kappa shape index (κ2) is 9.52. The third kappa shape index (κ3) is 5.95. The first-order valence-corrected chi connectivity index (χ1v) is 8.34. The van der Waals surface area contributed by atoms with Gasteiger partial charge in [0, 0.05) is 0 Å². The number of ether oxygens (including phenoxy) is 2. The number of carbonyl (C=O) groups excluding carboxylic acids is 2. The van der Waals surface area contributed by atoms with E-state index in [1.807, 2.05) is 0 Å². The molecule has 0 spiro atoms. The van der Waals surface area contributed by atoms with Crippen LogP contribution in [-0.2, 0) is 32.7 Å². The number of aliphatic hydroxyl groups excluding tert-OH is 5. The molecule has 0 heterocycles. The van der Waals surface area contributed by atoms with E-state index in [4.69, 9.17) is 0 Å². The van der Waals surface area contributed by atoms with Gasteiger partial charge in [-0.05, 0) is 0 Å². The molecule has 13 nitrogen and oxygen atoms in total. The van der Waals surface area contributed by atoms with Crippen LogP contribution in [0.1, 0.15) is 0 Å². The minimum absolute atomic E-state index is 0.0197. The third-order valence-electron chi connectivity index (χ3n) is 3.35. The molecule has 0 aliphatic heterocycles. The zero-order valence-electron chi connectivity index (χ0n) is 12.6. The Bertz CT molecular complexity index is 471. The summed E-state index contributed by atoms with van der Waals surface area (Å²) < 4.78 is 29.6. The van der Waals surface area contributed by atoms with Gasteiger partial charge in [-0.1, -0.05) is 0 Å². The Hall–Kier alpha value is -1.15. The molecule has 0 radical (unpaired) electrons. The van der Waals surface area contributed by atoms with E-state index in [9.17, 15) is 44.6 Å². The molecule has 6 N–H and O–H groups in total. The van der Waals surface area contributed by atoms with E-state index in [0.717, 1.165) is 0 Å². The van der Waals surface area contributed by atoms with Crippen molar-refractivity contribution >= 4 is 20.8 Å². The lowest BCUT2D eigenvalue weighted by Gasteiger charge is -2.41. The Morgan fingerprint density at radius 3 is 1.88 bits per heavy atom. The zero-order chi connectivity index (χ0) is 19.2. The molecule has 1 fully saturated rings. The Balaban J connectivity index is 2.70. The molecule has 0 aromatic heterocycles. The summed E-state index contributed by atoms with van der Waals surface area (Å²) in [5, 5.41) is 47.8. The number of hydrogen-bond acceptors (Lipinski definition) is 12. The lowest BCUT2D eigenvalue weighted by atomic mass is 9.85. The molecule has 1 aliphatic rings. The van der Waals surface area contributed by atoms with Crippen LogP contribution in [0, 0.1) is 0 Å². The monoisotopic (exact) mass is 390 g/mol. The van der Waals surface area contributed by atoms with Crippen molar-refractivity contribution in [2.75, 3.05) is 13.2 Å². The molecule has 0 saturated heterocycles. The van der Waals surface area contributed by atoms with E-state index in [-0.39, 0.29) is 12.9 Å². The maximum absolute atomic E-state index is 11.9. The quantitative estimate of drug-likeness (QED) is 0.155. The smallest absolute Gasteiger partial charge is 0.464 e. The number of hydrogen-bond donors (Lipinski definition) is 6. The van der Waals surface area contributed by atoms with Crippen molar-refractivity contribution in [3.8, 4) is 0 Å². The van der Waals surface area contributed by atoms with Crippen LogP contribution in [-0.4, -0.2) is 99.3 Å². The van der Waals surface area contributed by atoms with Crippen molar-refractivity contribution in [1.29, 1.82) is 0 Å². The molecule has 1 saturated carbocycles. The summed E-state index contributed by atoms with van der Waals surface area (Å²) >= 11 is 0. The van der Waals surface area contributed by atoms with Crippen LogP contribution in [0.5, 0.6) is 0 Å². The Kier molecular flexibility index (Phi) is 8.34. The lowest BCUT2D eigenvalue weighted by molar-refractivity contribution is -0.220. The summed E-state index contributed by atoms with van der Waals surface area (Å²) in [5.41, 5.74) is 0. The van der Waals surface area contributed by atoms with Crippen LogP contribution in [0.3, 0.4) is 0 Å². The minimum Gasteiger partial charge on any atom is -0.464 e. The lowest BCUT2D eigenvalue weighted by Crippen LogP contribution is -2.64. The van der Waals surface area contributed by atoms with Crippen molar-refractivity contribution in [2.45, 2.75) is 42.7 Å². The summed E-state index contributed by atoms with van der Waals surface area (Å²) in [6.45, 7) is -1.22. The standard InChI is InChI=1S/C11H19O13P/c12-3-21-1-5(22-4-13)2-23-25(19,20)24-11-9(17)7(15)6(14)8(16)10(11)18/h3-11,14-18H,1-2H2,(H,19,20). The Labute approximate surface area is 140 Å². The van der Waals surface area contributed by atoms with Crippen molar-refractivity contribution in [1.82, 2.24) is 0 Å². The number of phosphoric ester groups is 1. The van der Waals surface area contributed by atoms with Gasteiger partial charge in [-0.15, -0.1) is 0 Å². The highest BCUT2D eigenvalue weighted by Gasteiger charge is 2.51. The highest BCUT2D eigenvalue weighted by atomic mass is 31.2. The fraction of sp³-hybridized carbons (Fsp3) is 0.818. The van der Waals surface area contributed by atoms with E-state index in [2.05, 4.69) is 18.5 Å². The van der Waals surface area contributed by atoms with E-state index in [1.54, 1.807) is 0 Å². The molecule has 0 aromatic rings. The van der Waals surface area contributed by atoms with Crippen LogP contribution < -0.4 is 0 Å². The Morgan fingerprint density at radius 1 is 0.880 bits per heavy atom. The molecule has 1 aliphatic carbocycles. The highest BCUT2D eigenvalue weighted by molar-refractivity contribution is 7.47. The summed E-state index contributed by atoms with van der Waals surface area (Å²) in [7, 11) is -4.98. The predicted molar refractivity (Wildman–Crippen MR) is 73.6 cm³/mol. The van der Waals surface area contributed by atoms with E-state index in [0.29, 0.717) is 0 Å². The van der Waals surface area contributed by atoms with Crippen molar-refractivity contribution in [3.63, 3.8) is 0 Å². The maximum Gasteiger partial charge on any atom is 0.472 e. The van der Waals surface area contributed by atoms with Crippen LogP contribution in [0.15, 0.2) is 0 Å². The first-order chi connectivity index (χ1) is 11.6. The summed E-state index contributed by atoms with van der Waals surface area (Å²) in [5.74, 6) is 0. The third-order valence-corrected chi connectivity index (χ3v) is 4.33. The number of carbonyl (C=O) groups is 2. The molecule has 1 rings (SSSR count). The van der Waals surface area contributed by atoms with Gasteiger partial charge in [0.25, 0.3) is 12.9 Å².